The number of benzene rings is 7. The summed E-state index contributed by atoms with van der Waals surface area (Å²) >= 11 is 0. The molecule has 0 spiro atoms. The lowest BCUT2D eigenvalue weighted by atomic mass is 9.77. The van der Waals surface area contributed by atoms with Gasteiger partial charge in [-0.15, -0.1) is 0 Å². The fourth-order valence-electron chi connectivity index (χ4n) is 6.78. The molecule has 7 aromatic rings. The average Bonchev–Trinajstić information content (AvgIpc) is 3.31. The summed E-state index contributed by atoms with van der Waals surface area (Å²) in [5.74, 6) is 0. The van der Waals surface area contributed by atoms with Crippen molar-refractivity contribution in [3.8, 4) is 11.1 Å². The van der Waals surface area contributed by atoms with Crippen molar-refractivity contribution >= 4 is 62.0 Å². The van der Waals surface area contributed by atoms with Gasteiger partial charge in [-0.05, 0) is 108 Å². The molecular formula is C42H36BNO2. The fraction of sp³-hybridized carbons (Fsp3) is 0.143. The molecule has 8 rings (SSSR count). The van der Waals surface area contributed by atoms with Gasteiger partial charge in [0.2, 0.25) is 0 Å². The van der Waals surface area contributed by atoms with E-state index in [1.54, 1.807) is 0 Å². The van der Waals surface area contributed by atoms with E-state index in [0.29, 0.717) is 0 Å². The number of hydrogen-bond acceptors (Lipinski definition) is 3. The molecule has 1 aliphatic rings. The molecule has 7 aromatic carbocycles. The van der Waals surface area contributed by atoms with Gasteiger partial charge in [-0.3, -0.25) is 0 Å². The topological polar surface area (TPSA) is 21.7 Å². The zero-order chi connectivity index (χ0) is 31.5. The Hall–Kier alpha value is -4.90. The maximum Gasteiger partial charge on any atom is 0.496 e. The maximum absolute atomic E-state index is 6.56. The average molecular weight is 598 g/mol. The normalized spacial score (nSPS) is 15.5. The second-order valence-electron chi connectivity index (χ2n) is 13.2. The lowest BCUT2D eigenvalue weighted by molar-refractivity contribution is 0.00578. The molecule has 0 saturated carbocycles. The molecule has 0 unspecified atom stereocenters. The number of fused-ring (bicyclic) bond motifs is 6. The highest BCUT2D eigenvalue weighted by molar-refractivity contribution is 6.64. The fourth-order valence-corrected chi connectivity index (χ4v) is 6.78. The van der Waals surface area contributed by atoms with Crippen LogP contribution in [0.5, 0.6) is 0 Å². The van der Waals surface area contributed by atoms with Crippen LogP contribution in [-0.4, -0.2) is 18.3 Å². The lowest BCUT2D eigenvalue weighted by Crippen LogP contribution is -2.41. The molecular weight excluding hydrogens is 561 g/mol. The summed E-state index contributed by atoms with van der Waals surface area (Å²) in [7, 11) is -0.487. The number of rotatable bonds is 5. The number of nitrogens with zero attached hydrogens (tertiary/aromatic N) is 1. The number of anilines is 3. The van der Waals surface area contributed by atoms with E-state index >= 15 is 0 Å². The summed E-state index contributed by atoms with van der Waals surface area (Å²) in [6, 6.07) is 52.2. The van der Waals surface area contributed by atoms with Crippen LogP contribution in [0.1, 0.15) is 27.7 Å². The van der Waals surface area contributed by atoms with Crippen molar-refractivity contribution in [3.05, 3.63) is 146 Å². The predicted octanol–water partition coefficient (Wildman–Crippen LogP) is 10.6. The Morgan fingerprint density at radius 1 is 0.435 bits per heavy atom. The van der Waals surface area contributed by atoms with Gasteiger partial charge in [0.1, 0.15) is 0 Å². The molecule has 1 saturated heterocycles. The van der Waals surface area contributed by atoms with Crippen LogP contribution in [0.15, 0.2) is 146 Å². The van der Waals surface area contributed by atoms with Gasteiger partial charge >= 0.3 is 7.12 Å². The smallest absolute Gasteiger partial charge is 0.399 e. The Labute approximate surface area is 271 Å². The third-order valence-corrected chi connectivity index (χ3v) is 9.88. The van der Waals surface area contributed by atoms with E-state index in [1.807, 2.05) is 0 Å². The van der Waals surface area contributed by atoms with E-state index in [2.05, 4.69) is 178 Å². The third-order valence-electron chi connectivity index (χ3n) is 9.88. The van der Waals surface area contributed by atoms with Gasteiger partial charge in [0.15, 0.2) is 0 Å². The highest BCUT2D eigenvalue weighted by atomic mass is 16.7. The van der Waals surface area contributed by atoms with Crippen LogP contribution in [0.4, 0.5) is 17.1 Å². The van der Waals surface area contributed by atoms with Gasteiger partial charge in [-0.2, -0.15) is 0 Å². The SMILES string of the molecule is CC1(C)OB(c2ccccc2N(c2ccccc2)c2cccc(-c3ccc4c5ccccc5c5ccccc5c4c3)c2)OC1(C)C. The Bertz CT molecular complexity index is 2190. The molecule has 0 bridgehead atoms. The number of hydrogen-bond donors (Lipinski definition) is 0. The first kappa shape index (κ1) is 28.6. The second kappa shape index (κ2) is 10.9. The van der Waals surface area contributed by atoms with Gasteiger partial charge in [-0.25, -0.2) is 0 Å². The minimum Gasteiger partial charge on any atom is -0.399 e. The van der Waals surface area contributed by atoms with Gasteiger partial charge in [0, 0.05) is 22.5 Å². The van der Waals surface area contributed by atoms with Gasteiger partial charge in [-0.1, -0.05) is 109 Å². The molecule has 0 N–H and O–H groups in total. The Balaban J connectivity index is 1.28. The van der Waals surface area contributed by atoms with Crippen molar-refractivity contribution in [1.82, 2.24) is 0 Å². The molecule has 1 aliphatic heterocycles. The summed E-state index contributed by atoms with van der Waals surface area (Å²) in [5, 5.41) is 7.67. The Morgan fingerprint density at radius 2 is 0.935 bits per heavy atom. The first-order valence-electron chi connectivity index (χ1n) is 16.0. The third kappa shape index (κ3) is 4.68. The van der Waals surface area contributed by atoms with E-state index in [1.165, 1.54) is 37.9 Å². The molecule has 0 aromatic heterocycles. The molecule has 0 radical (unpaired) electrons. The maximum atomic E-state index is 6.56. The Morgan fingerprint density at radius 3 is 1.59 bits per heavy atom. The minimum absolute atomic E-state index is 0.437. The minimum atomic E-state index is -0.487. The number of para-hydroxylation sites is 2. The summed E-state index contributed by atoms with van der Waals surface area (Å²) in [5.41, 5.74) is 5.63. The molecule has 1 fully saturated rings. The van der Waals surface area contributed by atoms with Crippen molar-refractivity contribution in [2.45, 2.75) is 38.9 Å². The summed E-state index contributed by atoms with van der Waals surface area (Å²) < 4.78 is 13.1. The van der Waals surface area contributed by atoms with Crippen molar-refractivity contribution in [1.29, 1.82) is 0 Å². The summed E-state index contributed by atoms with van der Waals surface area (Å²) in [4.78, 5) is 2.31. The first-order valence-corrected chi connectivity index (χ1v) is 16.0. The van der Waals surface area contributed by atoms with Gasteiger partial charge < -0.3 is 14.2 Å². The van der Waals surface area contributed by atoms with Gasteiger partial charge in [0.05, 0.1) is 11.2 Å². The highest BCUT2D eigenvalue weighted by Crippen LogP contribution is 2.41. The zero-order valence-electron chi connectivity index (χ0n) is 26.7. The van der Waals surface area contributed by atoms with Crippen LogP contribution in [0.25, 0.3) is 43.4 Å². The van der Waals surface area contributed by atoms with Crippen molar-refractivity contribution in [3.63, 3.8) is 0 Å². The van der Waals surface area contributed by atoms with E-state index in [9.17, 15) is 0 Å². The second-order valence-corrected chi connectivity index (χ2v) is 13.2. The largest absolute Gasteiger partial charge is 0.496 e. The summed E-state index contributed by atoms with van der Waals surface area (Å²) in [6.45, 7) is 8.40. The van der Waals surface area contributed by atoms with Crippen molar-refractivity contribution in [2.75, 3.05) is 4.90 Å². The Kier molecular flexibility index (Phi) is 6.75. The zero-order valence-corrected chi connectivity index (χ0v) is 26.7. The molecule has 4 heteroatoms. The standard InChI is InChI=1S/C42H36BNO2/c1-41(2)42(3,4)46-43(45-41)39-23-12-13-24-40(39)44(31-16-6-5-7-17-31)32-18-14-15-29(27-32)30-25-26-37-35-21-9-8-19-33(35)34-20-10-11-22-36(34)38(37)28-30/h5-28H,1-4H3. The van der Waals surface area contributed by atoms with E-state index in [-0.39, 0.29) is 0 Å². The van der Waals surface area contributed by atoms with Crippen LogP contribution in [-0.2, 0) is 9.31 Å². The molecule has 0 amide bonds. The van der Waals surface area contributed by atoms with Gasteiger partial charge in [0.25, 0.3) is 0 Å². The molecule has 0 atom stereocenters. The van der Waals surface area contributed by atoms with Crippen LogP contribution in [0.2, 0.25) is 0 Å². The molecule has 3 nitrogen and oxygen atoms in total. The first-order chi connectivity index (χ1) is 22.3. The molecule has 1 heterocycles. The van der Waals surface area contributed by atoms with Crippen LogP contribution in [0.3, 0.4) is 0 Å². The quantitative estimate of drug-likeness (QED) is 0.146. The molecule has 0 aliphatic carbocycles. The van der Waals surface area contributed by atoms with E-state index in [4.69, 9.17) is 9.31 Å². The van der Waals surface area contributed by atoms with Crippen LogP contribution < -0.4 is 10.4 Å². The summed E-state index contributed by atoms with van der Waals surface area (Å²) in [6.07, 6.45) is 0. The van der Waals surface area contributed by atoms with E-state index < -0.39 is 18.3 Å². The van der Waals surface area contributed by atoms with E-state index in [0.717, 1.165) is 28.1 Å². The van der Waals surface area contributed by atoms with Crippen molar-refractivity contribution < 1.29 is 9.31 Å². The highest BCUT2D eigenvalue weighted by Gasteiger charge is 2.52. The van der Waals surface area contributed by atoms with Crippen molar-refractivity contribution in [2.24, 2.45) is 0 Å². The lowest BCUT2D eigenvalue weighted by Gasteiger charge is -2.32. The van der Waals surface area contributed by atoms with Crippen LogP contribution >= 0.6 is 0 Å². The molecule has 46 heavy (non-hydrogen) atoms. The predicted molar refractivity (Wildman–Crippen MR) is 195 cm³/mol. The monoisotopic (exact) mass is 597 g/mol. The molecule has 224 valence electrons. The van der Waals surface area contributed by atoms with Crippen LogP contribution in [0, 0.1) is 0 Å².